The zero-order chi connectivity index (χ0) is 23.2. The fourth-order valence-corrected chi connectivity index (χ4v) is 4.69. The summed E-state index contributed by atoms with van der Waals surface area (Å²) in [4.78, 5) is 33.5. The van der Waals surface area contributed by atoms with Crippen LogP contribution in [-0.4, -0.2) is 59.9 Å². The summed E-state index contributed by atoms with van der Waals surface area (Å²) in [7, 11) is 3.63. The highest BCUT2D eigenvalue weighted by Gasteiger charge is 2.38. The SMILES string of the molecule is COc1cccc(CC(C2CCN(C(=O)C=Cc3ccncc3)CC2)N(C)C(=O)C2CC2)c1. The number of rotatable bonds is 8. The number of hydrogen-bond acceptors (Lipinski definition) is 4. The van der Waals surface area contributed by atoms with Crippen LogP contribution in [0.3, 0.4) is 0 Å². The molecular weight excluding hydrogens is 414 g/mol. The Labute approximate surface area is 196 Å². The van der Waals surface area contributed by atoms with Gasteiger partial charge in [-0.3, -0.25) is 14.6 Å². The van der Waals surface area contributed by atoms with Gasteiger partial charge in [-0.2, -0.15) is 0 Å². The van der Waals surface area contributed by atoms with Crippen molar-refractivity contribution in [3.63, 3.8) is 0 Å². The maximum atomic E-state index is 12.9. The quantitative estimate of drug-likeness (QED) is 0.577. The molecule has 2 heterocycles. The van der Waals surface area contributed by atoms with Crippen LogP contribution in [0.1, 0.15) is 36.8 Å². The van der Waals surface area contributed by atoms with Crippen LogP contribution in [0.5, 0.6) is 5.75 Å². The van der Waals surface area contributed by atoms with E-state index in [1.807, 2.05) is 47.2 Å². The second-order valence-corrected chi connectivity index (χ2v) is 9.12. The van der Waals surface area contributed by atoms with Gasteiger partial charge in [-0.05, 0) is 79.5 Å². The average molecular weight is 448 g/mol. The van der Waals surface area contributed by atoms with E-state index < -0.39 is 0 Å². The zero-order valence-electron chi connectivity index (χ0n) is 19.5. The summed E-state index contributed by atoms with van der Waals surface area (Å²) < 4.78 is 5.40. The van der Waals surface area contributed by atoms with Gasteiger partial charge in [0.2, 0.25) is 11.8 Å². The number of amides is 2. The number of likely N-dealkylation sites (tertiary alicyclic amines) is 1. The third-order valence-corrected chi connectivity index (χ3v) is 6.87. The maximum absolute atomic E-state index is 12.9. The topological polar surface area (TPSA) is 62.7 Å². The Bertz CT molecular complexity index is 979. The first kappa shape index (κ1) is 23.0. The molecule has 1 aromatic carbocycles. The first-order valence-electron chi connectivity index (χ1n) is 11.8. The van der Waals surface area contributed by atoms with Crippen LogP contribution in [0.15, 0.2) is 54.9 Å². The van der Waals surface area contributed by atoms with Crippen molar-refractivity contribution in [1.82, 2.24) is 14.8 Å². The normalized spacial score (nSPS) is 17.7. The van der Waals surface area contributed by atoms with Crippen LogP contribution < -0.4 is 4.74 Å². The van der Waals surface area contributed by atoms with E-state index in [4.69, 9.17) is 4.74 Å². The van der Waals surface area contributed by atoms with Crippen molar-refractivity contribution in [3.05, 3.63) is 66.0 Å². The molecule has 0 radical (unpaired) electrons. The summed E-state index contributed by atoms with van der Waals surface area (Å²) >= 11 is 0. The average Bonchev–Trinajstić information content (AvgIpc) is 3.71. The Morgan fingerprint density at radius 2 is 1.88 bits per heavy atom. The maximum Gasteiger partial charge on any atom is 0.246 e. The van der Waals surface area contributed by atoms with Crippen molar-refractivity contribution in [1.29, 1.82) is 0 Å². The van der Waals surface area contributed by atoms with Gasteiger partial charge < -0.3 is 14.5 Å². The predicted octanol–water partition coefficient (Wildman–Crippen LogP) is 3.82. The molecule has 2 amide bonds. The van der Waals surface area contributed by atoms with Crippen molar-refractivity contribution in [2.75, 3.05) is 27.2 Å². The van der Waals surface area contributed by atoms with Crippen molar-refractivity contribution in [2.24, 2.45) is 11.8 Å². The number of ether oxygens (including phenoxy) is 1. The van der Waals surface area contributed by atoms with E-state index in [-0.39, 0.29) is 23.8 Å². The molecule has 1 unspecified atom stereocenters. The lowest BCUT2D eigenvalue weighted by atomic mass is 9.84. The van der Waals surface area contributed by atoms with Gasteiger partial charge in [-0.15, -0.1) is 0 Å². The minimum absolute atomic E-state index is 0.0389. The smallest absolute Gasteiger partial charge is 0.246 e. The number of carbonyl (C=O) groups excluding carboxylic acids is 2. The Kier molecular flexibility index (Phi) is 7.43. The molecule has 0 spiro atoms. The lowest BCUT2D eigenvalue weighted by Crippen LogP contribution is -2.48. The number of likely N-dealkylation sites (N-methyl/N-ethyl adjacent to an activating group) is 1. The van der Waals surface area contributed by atoms with Gasteiger partial charge in [0.25, 0.3) is 0 Å². The number of methoxy groups -OCH3 is 1. The minimum Gasteiger partial charge on any atom is -0.497 e. The molecule has 2 aromatic rings. The van der Waals surface area contributed by atoms with Gasteiger partial charge in [0.05, 0.1) is 7.11 Å². The highest BCUT2D eigenvalue weighted by Crippen LogP contribution is 2.34. The number of hydrogen-bond donors (Lipinski definition) is 0. The number of benzene rings is 1. The van der Waals surface area contributed by atoms with E-state index in [9.17, 15) is 9.59 Å². The third-order valence-electron chi connectivity index (χ3n) is 6.87. The van der Waals surface area contributed by atoms with E-state index >= 15 is 0 Å². The van der Waals surface area contributed by atoms with Gasteiger partial charge in [-0.1, -0.05) is 12.1 Å². The number of aromatic nitrogens is 1. The summed E-state index contributed by atoms with van der Waals surface area (Å²) in [5.41, 5.74) is 2.14. The van der Waals surface area contributed by atoms with Crippen LogP contribution in [0.2, 0.25) is 0 Å². The lowest BCUT2D eigenvalue weighted by Gasteiger charge is -2.40. The van der Waals surface area contributed by atoms with E-state index in [2.05, 4.69) is 17.1 Å². The van der Waals surface area contributed by atoms with E-state index in [0.29, 0.717) is 19.0 Å². The van der Waals surface area contributed by atoms with Gasteiger partial charge in [0, 0.05) is 50.6 Å². The number of carbonyl (C=O) groups is 2. The van der Waals surface area contributed by atoms with Crippen LogP contribution in [-0.2, 0) is 16.0 Å². The molecule has 0 N–H and O–H groups in total. The molecule has 4 rings (SSSR count). The molecule has 1 saturated heterocycles. The summed E-state index contributed by atoms with van der Waals surface area (Å²) in [6.07, 6.45) is 11.5. The number of nitrogens with zero attached hydrogens (tertiary/aromatic N) is 3. The zero-order valence-corrected chi connectivity index (χ0v) is 19.5. The molecule has 2 fully saturated rings. The van der Waals surface area contributed by atoms with Crippen molar-refractivity contribution in [2.45, 2.75) is 38.1 Å². The molecule has 1 aliphatic heterocycles. The van der Waals surface area contributed by atoms with Crippen LogP contribution in [0.4, 0.5) is 0 Å². The van der Waals surface area contributed by atoms with Crippen LogP contribution in [0.25, 0.3) is 6.08 Å². The van der Waals surface area contributed by atoms with E-state index in [1.165, 1.54) is 5.56 Å². The highest BCUT2D eigenvalue weighted by molar-refractivity contribution is 5.91. The van der Waals surface area contributed by atoms with Crippen LogP contribution >= 0.6 is 0 Å². The van der Waals surface area contributed by atoms with Crippen molar-refractivity contribution >= 4 is 17.9 Å². The molecule has 1 aliphatic carbocycles. The fraction of sp³-hybridized carbons (Fsp3) is 0.444. The van der Waals surface area contributed by atoms with Gasteiger partial charge in [0.15, 0.2) is 0 Å². The Hall–Kier alpha value is -3.15. The summed E-state index contributed by atoms with van der Waals surface area (Å²) in [5.74, 6) is 1.70. The van der Waals surface area contributed by atoms with Crippen LogP contribution in [0, 0.1) is 11.8 Å². The largest absolute Gasteiger partial charge is 0.497 e. The minimum atomic E-state index is 0.0389. The predicted molar refractivity (Wildman–Crippen MR) is 129 cm³/mol. The van der Waals surface area contributed by atoms with Crippen molar-refractivity contribution < 1.29 is 14.3 Å². The summed E-state index contributed by atoms with van der Waals surface area (Å²) in [5, 5.41) is 0. The molecular formula is C27H33N3O3. The molecule has 1 saturated carbocycles. The Morgan fingerprint density at radius 1 is 1.15 bits per heavy atom. The molecule has 1 atom stereocenters. The molecule has 1 aromatic heterocycles. The molecule has 0 bridgehead atoms. The molecule has 174 valence electrons. The second-order valence-electron chi connectivity index (χ2n) is 9.12. The number of piperidine rings is 1. The van der Waals surface area contributed by atoms with Gasteiger partial charge in [0.1, 0.15) is 5.75 Å². The molecule has 2 aliphatic rings. The summed E-state index contributed by atoms with van der Waals surface area (Å²) in [6, 6.07) is 12.0. The fourth-order valence-electron chi connectivity index (χ4n) is 4.69. The van der Waals surface area contributed by atoms with Gasteiger partial charge >= 0.3 is 0 Å². The molecule has 6 nitrogen and oxygen atoms in total. The standard InChI is InChI=1S/C27H33N3O3/c1-29(27(32)23-7-8-23)25(19-21-4-3-5-24(18-21)33-2)22-12-16-30(17-13-22)26(31)9-6-20-10-14-28-15-11-20/h3-6,9-11,14-15,18,22-23,25H,7-8,12-13,16-17,19H2,1-2H3. The Balaban J connectivity index is 1.41. The monoisotopic (exact) mass is 447 g/mol. The first-order valence-corrected chi connectivity index (χ1v) is 11.8. The first-order chi connectivity index (χ1) is 16.0. The number of pyridine rings is 1. The molecule has 33 heavy (non-hydrogen) atoms. The summed E-state index contributed by atoms with van der Waals surface area (Å²) in [6.45, 7) is 1.43. The van der Waals surface area contributed by atoms with E-state index in [1.54, 1.807) is 25.6 Å². The van der Waals surface area contributed by atoms with Crippen molar-refractivity contribution in [3.8, 4) is 5.75 Å². The second kappa shape index (κ2) is 10.6. The molecule has 6 heteroatoms. The van der Waals surface area contributed by atoms with E-state index in [0.717, 1.165) is 43.4 Å². The third kappa shape index (κ3) is 6.01. The highest BCUT2D eigenvalue weighted by atomic mass is 16.5. The Morgan fingerprint density at radius 3 is 2.55 bits per heavy atom. The van der Waals surface area contributed by atoms with Gasteiger partial charge in [-0.25, -0.2) is 0 Å². The lowest BCUT2D eigenvalue weighted by molar-refractivity contribution is -0.136.